The van der Waals surface area contributed by atoms with Gasteiger partial charge in [-0.05, 0) is 61.2 Å². The Kier molecular flexibility index (Phi) is 14.5. The van der Waals surface area contributed by atoms with Crippen molar-refractivity contribution in [1.29, 1.82) is 0 Å². The Morgan fingerprint density at radius 3 is 1.18 bits per heavy atom. The van der Waals surface area contributed by atoms with Gasteiger partial charge in [0.05, 0.1) is 65.1 Å². The molecule has 196 valence electrons. The summed E-state index contributed by atoms with van der Waals surface area (Å²) in [6.45, 7) is 19.0. The number of rotatable bonds is 16. The van der Waals surface area contributed by atoms with Gasteiger partial charge in [-0.3, -0.25) is 0 Å². The first kappa shape index (κ1) is 29.0. The quantitative estimate of drug-likeness (QED) is 0.259. The van der Waals surface area contributed by atoms with Crippen molar-refractivity contribution >= 4 is 0 Å². The number of hydrogen-bond donors (Lipinski definition) is 0. The molecule has 0 aromatic rings. The van der Waals surface area contributed by atoms with E-state index >= 15 is 0 Å². The highest BCUT2D eigenvalue weighted by molar-refractivity contribution is 4.82. The summed E-state index contributed by atoms with van der Waals surface area (Å²) < 4.78 is 29.4. The van der Waals surface area contributed by atoms with Gasteiger partial charge in [-0.1, -0.05) is 54.4 Å². The molecule has 2 rings (SSSR count). The van der Waals surface area contributed by atoms with Crippen molar-refractivity contribution in [2.75, 3.05) is 52.9 Å². The minimum Gasteiger partial charge on any atom is -0.377 e. The van der Waals surface area contributed by atoms with Gasteiger partial charge in [-0.15, -0.1) is 0 Å². The highest BCUT2D eigenvalue weighted by Gasteiger charge is 2.32. The van der Waals surface area contributed by atoms with Crippen molar-refractivity contribution in [1.82, 2.24) is 0 Å². The smallest absolute Gasteiger partial charge is 0.0704 e. The van der Waals surface area contributed by atoms with E-state index in [1.54, 1.807) is 0 Å². The van der Waals surface area contributed by atoms with Gasteiger partial charge in [0.25, 0.3) is 0 Å². The standard InChI is InChI=1S/C28H54O5/c1-21(2)25-9-7-23(5)19-27(25)32-17-15-30-13-11-29-12-14-31-16-18-33-28-20-24(6)8-10-26(28)22(3)4/h21-28H,7-20H2,1-6H3. The molecule has 2 fully saturated rings. The van der Waals surface area contributed by atoms with Crippen LogP contribution in [0.4, 0.5) is 0 Å². The lowest BCUT2D eigenvalue weighted by Gasteiger charge is -2.37. The predicted molar refractivity (Wildman–Crippen MR) is 135 cm³/mol. The zero-order valence-corrected chi connectivity index (χ0v) is 22.6. The third-order valence-electron chi connectivity index (χ3n) is 7.79. The molecule has 6 unspecified atom stereocenters. The van der Waals surface area contributed by atoms with E-state index in [1.807, 2.05) is 0 Å². The Balaban J connectivity index is 1.39. The molecule has 0 aromatic heterocycles. The molecule has 0 aliphatic heterocycles. The molecule has 0 saturated heterocycles. The van der Waals surface area contributed by atoms with Gasteiger partial charge in [0.1, 0.15) is 0 Å². The lowest BCUT2D eigenvalue weighted by atomic mass is 9.75. The average Bonchev–Trinajstić information content (AvgIpc) is 2.76. The first-order chi connectivity index (χ1) is 15.9. The summed E-state index contributed by atoms with van der Waals surface area (Å²) in [5, 5.41) is 0. The summed E-state index contributed by atoms with van der Waals surface area (Å²) in [6.07, 6.45) is 8.44. The van der Waals surface area contributed by atoms with Crippen molar-refractivity contribution in [3.05, 3.63) is 0 Å². The molecule has 0 aromatic carbocycles. The average molecular weight is 471 g/mol. The first-order valence-corrected chi connectivity index (χ1v) is 13.8. The van der Waals surface area contributed by atoms with Crippen LogP contribution in [0.3, 0.4) is 0 Å². The largest absolute Gasteiger partial charge is 0.377 e. The van der Waals surface area contributed by atoms with Crippen LogP contribution < -0.4 is 0 Å². The molecule has 0 amide bonds. The minimum atomic E-state index is 0.396. The van der Waals surface area contributed by atoms with Crippen LogP contribution in [0, 0.1) is 35.5 Å². The van der Waals surface area contributed by atoms with Crippen LogP contribution >= 0.6 is 0 Å². The van der Waals surface area contributed by atoms with Crippen molar-refractivity contribution in [2.45, 2.75) is 92.3 Å². The Bertz CT molecular complexity index is 441. The Morgan fingerprint density at radius 1 is 0.515 bits per heavy atom. The van der Waals surface area contributed by atoms with Crippen LogP contribution in [-0.4, -0.2) is 65.1 Å². The fraction of sp³-hybridized carbons (Fsp3) is 1.00. The van der Waals surface area contributed by atoms with Gasteiger partial charge < -0.3 is 23.7 Å². The van der Waals surface area contributed by atoms with Crippen molar-refractivity contribution < 1.29 is 23.7 Å². The van der Waals surface area contributed by atoms with Gasteiger partial charge in [-0.2, -0.15) is 0 Å². The molecule has 0 N–H and O–H groups in total. The Hall–Kier alpha value is -0.200. The molecule has 5 nitrogen and oxygen atoms in total. The van der Waals surface area contributed by atoms with Crippen LogP contribution in [0.1, 0.15) is 80.1 Å². The highest BCUT2D eigenvalue weighted by atomic mass is 16.6. The molecule has 5 heteroatoms. The lowest BCUT2D eigenvalue weighted by molar-refractivity contribution is -0.0685. The third kappa shape index (κ3) is 11.4. The van der Waals surface area contributed by atoms with E-state index in [4.69, 9.17) is 23.7 Å². The van der Waals surface area contributed by atoms with E-state index in [-0.39, 0.29) is 0 Å². The van der Waals surface area contributed by atoms with Crippen molar-refractivity contribution in [3.8, 4) is 0 Å². The molecule has 2 aliphatic rings. The molecular weight excluding hydrogens is 416 g/mol. The topological polar surface area (TPSA) is 46.2 Å². The van der Waals surface area contributed by atoms with Crippen molar-refractivity contribution in [3.63, 3.8) is 0 Å². The van der Waals surface area contributed by atoms with E-state index in [0.717, 1.165) is 11.8 Å². The molecule has 33 heavy (non-hydrogen) atoms. The van der Waals surface area contributed by atoms with Crippen LogP contribution in [0.15, 0.2) is 0 Å². The summed E-state index contributed by atoms with van der Waals surface area (Å²) >= 11 is 0. The normalized spacial score (nSPS) is 30.9. The maximum Gasteiger partial charge on any atom is 0.0704 e. The van der Waals surface area contributed by atoms with Crippen LogP contribution in [-0.2, 0) is 23.7 Å². The van der Waals surface area contributed by atoms with Crippen LogP contribution in [0.25, 0.3) is 0 Å². The Labute approximate surface area is 204 Å². The van der Waals surface area contributed by atoms with Crippen LogP contribution in [0.5, 0.6) is 0 Å². The van der Waals surface area contributed by atoms with Crippen molar-refractivity contribution in [2.24, 2.45) is 35.5 Å². The Morgan fingerprint density at radius 2 is 0.848 bits per heavy atom. The zero-order chi connectivity index (χ0) is 24.1. The molecule has 2 aliphatic carbocycles. The van der Waals surface area contributed by atoms with E-state index in [1.165, 1.54) is 38.5 Å². The third-order valence-corrected chi connectivity index (χ3v) is 7.79. The SMILES string of the molecule is CC1CCC(C(C)C)C(OCCOCCOCCOCCOC2CC(C)CCC2C(C)C)C1. The second-order valence-corrected chi connectivity index (χ2v) is 11.3. The van der Waals surface area contributed by atoms with E-state index in [9.17, 15) is 0 Å². The van der Waals surface area contributed by atoms with E-state index < -0.39 is 0 Å². The number of hydrogen-bond acceptors (Lipinski definition) is 5. The summed E-state index contributed by atoms with van der Waals surface area (Å²) in [7, 11) is 0. The molecule has 0 radical (unpaired) electrons. The first-order valence-electron chi connectivity index (χ1n) is 13.8. The monoisotopic (exact) mass is 470 g/mol. The molecule has 0 heterocycles. The fourth-order valence-corrected chi connectivity index (χ4v) is 5.67. The summed E-state index contributed by atoms with van der Waals surface area (Å²) in [6, 6.07) is 0. The van der Waals surface area contributed by atoms with E-state index in [2.05, 4.69) is 41.5 Å². The lowest BCUT2D eigenvalue weighted by Crippen LogP contribution is -2.35. The summed E-state index contributed by atoms with van der Waals surface area (Å²) in [4.78, 5) is 0. The maximum absolute atomic E-state index is 6.18. The molecule has 0 spiro atoms. The van der Waals surface area contributed by atoms with Gasteiger partial charge in [0, 0.05) is 0 Å². The molecule has 2 saturated carbocycles. The van der Waals surface area contributed by atoms with Gasteiger partial charge in [0.2, 0.25) is 0 Å². The fourth-order valence-electron chi connectivity index (χ4n) is 5.67. The molecular formula is C28H54O5. The van der Waals surface area contributed by atoms with Gasteiger partial charge >= 0.3 is 0 Å². The second kappa shape index (κ2) is 16.5. The summed E-state index contributed by atoms with van der Waals surface area (Å²) in [5.41, 5.74) is 0. The molecule has 0 bridgehead atoms. The van der Waals surface area contributed by atoms with Crippen LogP contribution in [0.2, 0.25) is 0 Å². The predicted octanol–water partition coefficient (Wildman–Crippen LogP) is 5.99. The zero-order valence-electron chi connectivity index (χ0n) is 22.6. The van der Waals surface area contributed by atoms with E-state index in [0.29, 0.717) is 88.7 Å². The molecule has 6 atom stereocenters. The van der Waals surface area contributed by atoms with Gasteiger partial charge in [0.15, 0.2) is 0 Å². The minimum absolute atomic E-state index is 0.396. The summed E-state index contributed by atoms with van der Waals surface area (Å²) in [5.74, 6) is 4.33. The maximum atomic E-state index is 6.18. The van der Waals surface area contributed by atoms with Gasteiger partial charge in [-0.25, -0.2) is 0 Å². The highest BCUT2D eigenvalue weighted by Crippen LogP contribution is 2.36. The second-order valence-electron chi connectivity index (χ2n) is 11.3. The number of ether oxygens (including phenoxy) is 5.